The van der Waals surface area contributed by atoms with Crippen molar-refractivity contribution in [2.24, 2.45) is 11.8 Å². The maximum atomic E-state index is 5.76. The van der Waals surface area contributed by atoms with Gasteiger partial charge in [-0.2, -0.15) is 0 Å². The van der Waals surface area contributed by atoms with Crippen LogP contribution in [0, 0.1) is 11.8 Å². The number of hydrogen-bond acceptors (Lipinski definition) is 2. The fraction of sp³-hybridized carbons (Fsp3) is 1.00. The maximum Gasteiger partial charge on any atom is 0.0965 e. The molecular weight excluding hydrogens is 164 g/mol. The van der Waals surface area contributed by atoms with Crippen molar-refractivity contribution in [1.82, 2.24) is 0 Å². The molecular formula is C11H22O2. The number of rotatable bonds is 0. The van der Waals surface area contributed by atoms with Gasteiger partial charge in [0.05, 0.1) is 24.9 Å². The Kier molecular flexibility index (Phi) is 3.36. The zero-order valence-corrected chi connectivity index (χ0v) is 9.46. The van der Waals surface area contributed by atoms with Gasteiger partial charge in [0.1, 0.15) is 0 Å². The minimum Gasteiger partial charge on any atom is -0.374 e. The predicted molar refractivity (Wildman–Crippen MR) is 53.8 cm³/mol. The van der Waals surface area contributed by atoms with E-state index in [0.717, 1.165) is 13.2 Å². The molecule has 0 radical (unpaired) electrons. The molecule has 13 heavy (non-hydrogen) atoms. The van der Waals surface area contributed by atoms with E-state index in [1.54, 1.807) is 0 Å². The zero-order valence-electron chi connectivity index (χ0n) is 9.46. The molecule has 2 saturated heterocycles. The molecule has 2 rings (SSSR count). The molecule has 0 bridgehead atoms. The normalized spacial score (nSPS) is 48.2. The fourth-order valence-corrected chi connectivity index (χ4v) is 2.21. The monoisotopic (exact) mass is 186 g/mol. The van der Waals surface area contributed by atoms with Crippen LogP contribution in [0.1, 0.15) is 34.6 Å². The molecule has 2 aliphatic rings. The van der Waals surface area contributed by atoms with Crippen LogP contribution in [0.2, 0.25) is 0 Å². The van der Waals surface area contributed by atoms with Gasteiger partial charge in [-0.25, -0.2) is 0 Å². The van der Waals surface area contributed by atoms with Crippen molar-refractivity contribution in [2.75, 3.05) is 13.2 Å². The highest BCUT2D eigenvalue weighted by Gasteiger charge is 2.53. The van der Waals surface area contributed by atoms with E-state index in [4.69, 9.17) is 9.47 Å². The summed E-state index contributed by atoms with van der Waals surface area (Å²) in [5, 5.41) is 0. The van der Waals surface area contributed by atoms with Crippen LogP contribution in [0.4, 0.5) is 0 Å². The number of ether oxygens (including phenoxy) is 2. The molecule has 4 atom stereocenters. The summed E-state index contributed by atoms with van der Waals surface area (Å²) in [5.41, 5.74) is 0.0133. The van der Waals surface area contributed by atoms with E-state index in [0.29, 0.717) is 17.9 Å². The lowest BCUT2D eigenvalue weighted by molar-refractivity contribution is -0.0244. The number of hydrogen-bond donors (Lipinski definition) is 0. The minimum absolute atomic E-state index is 0.0133. The van der Waals surface area contributed by atoms with E-state index < -0.39 is 0 Å². The first-order chi connectivity index (χ1) is 6.14. The third-order valence-electron chi connectivity index (χ3n) is 3.24. The first-order valence-corrected chi connectivity index (χ1v) is 5.40. The first kappa shape index (κ1) is 11.0. The van der Waals surface area contributed by atoms with Crippen molar-refractivity contribution in [3.05, 3.63) is 0 Å². The van der Waals surface area contributed by atoms with Gasteiger partial charge in [-0.1, -0.05) is 27.7 Å². The summed E-state index contributed by atoms with van der Waals surface area (Å²) < 4.78 is 11.4. The first-order valence-electron chi connectivity index (χ1n) is 5.40. The molecule has 0 aromatic heterocycles. The third kappa shape index (κ3) is 1.62. The summed E-state index contributed by atoms with van der Waals surface area (Å²) in [7, 11) is 0. The molecule has 2 fully saturated rings. The minimum atomic E-state index is 0.0133. The van der Waals surface area contributed by atoms with Crippen LogP contribution in [0.25, 0.3) is 0 Å². The van der Waals surface area contributed by atoms with Crippen LogP contribution < -0.4 is 0 Å². The quantitative estimate of drug-likeness (QED) is 0.578. The Bertz CT molecular complexity index is 169. The smallest absolute Gasteiger partial charge is 0.0965 e. The molecule has 0 aromatic rings. The average molecular weight is 186 g/mol. The summed E-state index contributed by atoms with van der Waals surface area (Å²) >= 11 is 0. The van der Waals surface area contributed by atoms with Gasteiger partial charge in [0.15, 0.2) is 0 Å². The van der Waals surface area contributed by atoms with Gasteiger partial charge in [0, 0.05) is 11.8 Å². The molecule has 0 spiro atoms. The highest BCUT2D eigenvalue weighted by molar-refractivity contribution is 5.01. The highest BCUT2D eigenvalue weighted by Crippen LogP contribution is 2.43. The Morgan fingerprint density at radius 2 is 1.77 bits per heavy atom. The molecule has 2 unspecified atom stereocenters. The zero-order chi connectivity index (χ0) is 10.1. The van der Waals surface area contributed by atoms with E-state index >= 15 is 0 Å². The van der Waals surface area contributed by atoms with Crippen molar-refractivity contribution < 1.29 is 9.47 Å². The van der Waals surface area contributed by atoms with Crippen molar-refractivity contribution in [1.29, 1.82) is 0 Å². The SMILES string of the molecule is CC.CC1CO[C@]2(C)C(C)CO[C@H]12. The van der Waals surface area contributed by atoms with Crippen LogP contribution >= 0.6 is 0 Å². The molecule has 0 N–H and O–H groups in total. The molecule has 0 saturated carbocycles. The largest absolute Gasteiger partial charge is 0.374 e. The summed E-state index contributed by atoms with van der Waals surface area (Å²) in [6, 6.07) is 0. The molecule has 2 heteroatoms. The Hall–Kier alpha value is -0.0800. The lowest BCUT2D eigenvalue weighted by Gasteiger charge is -2.26. The molecule has 0 amide bonds. The summed E-state index contributed by atoms with van der Waals surface area (Å²) in [4.78, 5) is 0. The average Bonchev–Trinajstić information content (AvgIpc) is 2.59. The van der Waals surface area contributed by atoms with Crippen molar-refractivity contribution >= 4 is 0 Å². The van der Waals surface area contributed by atoms with Gasteiger partial charge >= 0.3 is 0 Å². The Morgan fingerprint density at radius 3 is 2.31 bits per heavy atom. The van der Waals surface area contributed by atoms with Crippen LogP contribution in [-0.2, 0) is 9.47 Å². The van der Waals surface area contributed by atoms with E-state index in [1.165, 1.54) is 0 Å². The van der Waals surface area contributed by atoms with E-state index in [-0.39, 0.29) is 5.60 Å². The van der Waals surface area contributed by atoms with Crippen LogP contribution in [0.3, 0.4) is 0 Å². The molecule has 78 valence electrons. The molecule has 2 aliphatic heterocycles. The standard InChI is InChI=1S/C9H16O2.C2H6/c1-6-4-11-9(3)7(2)5-10-8(6)9;1-2/h6-8H,4-5H2,1-3H3;1-2H3/t6?,7?,8-,9-;/m1./s1. The van der Waals surface area contributed by atoms with Crippen molar-refractivity contribution in [3.63, 3.8) is 0 Å². The Morgan fingerprint density at radius 1 is 1.15 bits per heavy atom. The maximum absolute atomic E-state index is 5.76. The van der Waals surface area contributed by atoms with E-state index in [1.807, 2.05) is 13.8 Å². The van der Waals surface area contributed by atoms with Gasteiger partial charge in [-0.15, -0.1) is 0 Å². The second-order valence-corrected chi connectivity index (χ2v) is 4.13. The van der Waals surface area contributed by atoms with E-state index in [2.05, 4.69) is 20.8 Å². The predicted octanol–water partition coefficient (Wildman–Crippen LogP) is 2.47. The lowest BCUT2D eigenvalue weighted by atomic mass is 9.86. The van der Waals surface area contributed by atoms with Gasteiger partial charge < -0.3 is 9.47 Å². The molecule has 2 nitrogen and oxygen atoms in total. The van der Waals surface area contributed by atoms with Crippen LogP contribution in [0.15, 0.2) is 0 Å². The second-order valence-electron chi connectivity index (χ2n) is 4.13. The third-order valence-corrected chi connectivity index (χ3v) is 3.24. The second kappa shape index (κ2) is 3.97. The summed E-state index contributed by atoms with van der Waals surface area (Å²) in [5.74, 6) is 1.13. The van der Waals surface area contributed by atoms with Gasteiger partial charge in [-0.3, -0.25) is 0 Å². The molecule has 0 aliphatic carbocycles. The highest BCUT2D eigenvalue weighted by atomic mass is 16.6. The van der Waals surface area contributed by atoms with Crippen molar-refractivity contribution in [3.8, 4) is 0 Å². The van der Waals surface area contributed by atoms with E-state index in [9.17, 15) is 0 Å². The van der Waals surface area contributed by atoms with Gasteiger partial charge in [-0.05, 0) is 6.92 Å². The van der Waals surface area contributed by atoms with Gasteiger partial charge in [0.2, 0.25) is 0 Å². The topological polar surface area (TPSA) is 18.5 Å². The van der Waals surface area contributed by atoms with Crippen LogP contribution in [-0.4, -0.2) is 24.9 Å². The molecule has 0 aromatic carbocycles. The summed E-state index contributed by atoms with van der Waals surface area (Å²) in [6.45, 7) is 12.3. The van der Waals surface area contributed by atoms with Crippen molar-refractivity contribution in [2.45, 2.75) is 46.3 Å². The Labute approximate surface area is 81.6 Å². The Balaban J connectivity index is 0.000000396. The van der Waals surface area contributed by atoms with Gasteiger partial charge in [0.25, 0.3) is 0 Å². The lowest BCUT2D eigenvalue weighted by Crippen LogP contribution is -2.37. The summed E-state index contributed by atoms with van der Waals surface area (Å²) in [6.07, 6.45) is 0.345. The fourth-order valence-electron chi connectivity index (χ4n) is 2.21. The number of fused-ring (bicyclic) bond motifs is 1. The molecule has 2 heterocycles. The van der Waals surface area contributed by atoms with Crippen LogP contribution in [0.5, 0.6) is 0 Å².